The zero-order chi connectivity index (χ0) is 7.11. The van der Waals surface area contributed by atoms with Gasteiger partial charge in [0.25, 0.3) is 0 Å². The van der Waals surface area contributed by atoms with Crippen LogP contribution in [0, 0.1) is 40.8 Å². The predicted octanol–water partition coefficient (Wildman–Crippen LogP) is 1.44. The van der Waals surface area contributed by atoms with Crippen molar-refractivity contribution < 1.29 is 50.7 Å². The van der Waals surface area contributed by atoms with E-state index >= 15 is 0 Å². The van der Waals surface area contributed by atoms with Crippen molar-refractivity contribution in [3.8, 4) is 0 Å². The molecule has 0 aromatic rings. The monoisotopic (exact) mass is 273 g/mol. The van der Waals surface area contributed by atoms with Crippen LogP contribution in [-0.4, -0.2) is 17.7 Å². The largest absolute Gasteiger partial charge is 0.465 e. The molecule has 0 spiro atoms. The number of nitrogens with one attached hydrogen (secondary N) is 1. The van der Waals surface area contributed by atoms with Gasteiger partial charge in [0.1, 0.15) is 0 Å². The molecule has 58 valence electrons. The van der Waals surface area contributed by atoms with Crippen LogP contribution in [0.1, 0.15) is 26.2 Å². The second-order valence-corrected chi connectivity index (χ2v) is 1.94. The Hall–Kier alpha value is 0.621. The molecule has 0 aromatic carbocycles. The van der Waals surface area contributed by atoms with Gasteiger partial charge in [-0.05, 0) is 6.42 Å². The topological polar surface area (TPSA) is 49.3 Å². The summed E-state index contributed by atoms with van der Waals surface area (Å²) in [5.74, 6) is 0. The van der Waals surface area contributed by atoms with Crippen LogP contribution in [0.5, 0.6) is 0 Å². The molecule has 0 saturated carbocycles. The van der Waals surface area contributed by atoms with Gasteiger partial charge in [-0.2, -0.15) is 0 Å². The van der Waals surface area contributed by atoms with Crippen molar-refractivity contribution in [3.63, 3.8) is 0 Å². The van der Waals surface area contributed by atoms with E-state index in [1.165, 1.54) is 0 Å². The molecule has 0 aromatic heterocycles. The van der Waals surface area contributed by atoms with Crippen LogP contribution in [0.15, 0.2) is 0 Å². The standard InChI is InChI=1S/C6H13NO2.Nd/c1-2-3-4-5-7-6(8)9;/h7H,2-5H2,1H3,(H,8,9);. The van der Waals surface area contributed by atoms with Gasteiger partial charge in [0.2, 0.25) is 0 Å². The molecule has 0 heterocycles. The van der Waals surface area contributed by atoms with E-state index in [9.17, 15) is 4.79 Å². The molecular formula is C6H13NNdO2. The van der Waals surface area contributed by atoms with Crippen LogP contribution in [0.3, 0.4) is 0 Å². The molecule has 0 unspecified atom stereocenters. The third kappa shape index (κ3) is 11.4. The summed E-state index contributed by atoms with van der Waals surface area (Å²) in [6, 6.07) is 0. The Morgan fingerprint density at radius 2 is 2.10 bits per heavy atom. The van der Waals surface area contributed by atoms with Gasteiger partial charge in [-0.15, -0.1) is 0 Å². The molecule has 1 amide bonds. The predicted molar refractivity (Wildman–Crippen MR) is 35.6 cm³/mol. The summed E-state index contributed by atoms with van der Waals surface area (Å²) in [5, 5.41) is 10.4. The van der Waals surface area contributed by atoms with Crippen LogP contribution in [-0.2, 0) is 0 Å². The van der Waals surface area contributed by atoms with E-state index < -0.39 is 6.09 Å². The van der Waals surface area contributed by atoms with Crippen LogP contribution in [0.25, 0.3) is 0 Å². The second-order valence-electron chi connectivity index (χ2n) is 1.94. The van der Waals surface area contributed by atoms with Gasteiger partial charge in [-0.25, -0.2) is 4.79 Å². The minimum atomic E-state index is -0.925. The SMILES string of the molecule is CCCCCNC(=O)O.[Nd]. The molecule has 0 rings (SSSR count). The molecule has 4 heteroatoms. The molecule has 0 saturated heterocycles. The smallest absolute Gasteiger partial charge is 0.404 e. The molecule has 0 aliphatic heterocycles. The molecule has 3 nitrogen and oxygen atoms in total. The average molecular weight is 275 g/mol. The Balaban J connectivity index is 0. The number of carboxylic acid groups (broad SMARTS) is 1. The molecule has 0 atom stereocenters. The number of unbranched alkanes of at least 4 members (excludes halogenated alkanes) is 2. The summed E-state index contributed by atoms with van der Waals surface area (Å²) < 4.78 is 0. The van der Waals surface area contributed by atoms with Crippen LogP contribution in [0.4, 0.5) is 4.79 Å². The van der Waals surface area contributed by atoms with E-state index in [-0.39, 0.29) is 40.8 Å². The van der Waals surface area contributed by atoms with Crippen molar-refractivity contribution in [2.24, 2.45) is 0 Å². The van der Waals surface area contributed by atoms with Gasteiger partial charge in [-0.1, -0.05) is 19.8 Å². The molecule has 0 bridgehead atoms. The molecule has 10 heavy (non-hydrogen) atoms. The minimum Gasteiger partial charge on any atom is -0.465 e. The fourth-order valence-electron chi connectivity index (χ4n) is 0.570. The maximum absolute atomic E-state index is 9.85. The van der Waals surface area contributed by atoms with Crippen molar-refractivity contribution in [3.05, 3.63) is 0 Å². The van der Waals surface area contributed by atoms with Crippen LogP contribution in [0.2, 0.25) is 0 Å². The summed E-state index contributed by atoms with van der Waals surface area (Å²) in [6.45, 7) is 2.67. The Morgan fingerprint density at radius 1 is 1.50 bits per heavy atom. The Bertz CT molecular complexity index is 87.8. The maximum atomic E-state index is 9.85. The first kappa shape index (κ1) is 13.2. The van der Waals surface area contributed by atoms with Gasteiger partial charge in [0, 0.05) is 47.4 Å². The van der Waals surface area contributed by atoms with Crippen molar-refractivity contribution in [1.29, 1.82) is 0 Å². The number of carbonyl (C=O) groups is 1. The van der Waals surface area contributed by atoms with Gasteiger partial charge in [-0.3, -0.25) is 0 Å². The Morgan fingerprint density at radius 3 is 2.50 bits per heavy atom. The van der Waals surface area contributed by atoms with Gasteiger partial charge in [0.05, 0.1) is 0 Å². The van der Waals surface area contributed by atoms with Crippen molar-refractivity contribution in [1.82, 2.24) is 5.32 Å². The van der Waals surface area contributed by atoms with E-state index in [4.69, 9.17) is 5.11 Å². The average Bonchev–Trinajstić information content (AvgIpc) is 1.80. The first-order chi connectivity index (χ1) is 4.27. The maximum Gasteiger partial charge on any atom is 0.404 e. The van der Waals surface area contributed by atoms with E-state index in [2.05, 4.69) is 12.2 Å². The molecule has 0 aliphatic carbocycles. The third-order valence-electron chi connectivity index (χ3n) is 1.06. The van der Waals surface area contributed by atoms with Gasteiger partial charge < -0.3 is 10.4 Å². The van der Waals surface area contributed by atoms with E-state index in [0.29, 0.717) is 6.54 Å². The van der Waals surface area contributed by atoms with Crippen molar-refractivity contribution in [2.45, 2.75) is 26.2 Å². The summed E-state index contributed by atoms with van der Waals surface area (Å²) >= 11 is 0. The van der Waals surface area contributed by atoms with Crippen molar-refractivity contribution in [2.75, 3.05) is 6.54 Å². The molecule has 0 fully saturated rings. The number of hydrogen-bond acceptors (Lipinski definition) is 1. The second kappa shape index (κ2) is 9.62. The van der Waals surface area contributed by atoms with Crippen LogP contribution < -0.4 is 5.32 Å². The molecule has 2 N–H and O–H groups in total. The van der Waals surface area contributed by atoms with Gasteiger partial charge in [0.15, 0.2) is 0 Å². The minimum absolute atomic E-state index is 0. The first-order valence-corrected chi connectivity index (χ1v) is 3.24. The normalized spacial score (nSPS) is 8.10. The van der Waals surface area contributed by atoms with E-state index in [0.717, 1.165) is 19.3 Å². The Kier molecular flexibility index (Phi) is 12.7. The third-order valence-corrected chi connectivity index (χ3v) is 1.06. The van der Waals surface area contributed by atoms with Crippen LogP contribution >= 0.6 is 0 Å². The number of hydrogen-bond donors (Lipinski definition) is 2. The quantitative estimate of drug-likeness (QED) is 0.763. The Labute approximate surface area is 94.1 Å². The summed E-state index contributed by atoms with van der Waals surface area (Å²) in [6.07, 6.45) is 2.25. The summed E-state index contributed by atoms with van der Waals surface area (Å²) in [5.41, 5.74) is 0. The molecule has 0 aliphatic rings. The molecule has 0 radical (unpaired) electrons. The van der Waals surface area contributed by atoms with Gasteiger partial charge >= 0.3 is 6.09 Å². The van der Waals surface area contributed by atoms with E-state index in [1.54, 1.807) is 0 Å². The number of amides is 1. The first-order valence-electron chi connectivity index (χ1n) is 3.24. The number of rotatable bonds is 4. The summed E-state index contributed by atoms with van der Waals surface area (Å²) in [7, 11) is 0. The zero-order valence-electron chi connectivity index (χ0n) is 6.18. The van der Waals surface area contributed by atoms with E-state index in [1.807, 2.05) is 0 Å². The zero-order valence-corrected chi connectivity index (χ0v) is 9.39. The summed E-state index contributed by atoms with van der Waals surface area (Å²) in [4.78, 5) is 9.85. The van der Waals surface area contributed by atoms with Crippen molar-refractivity contribution >= 4 is 6.09 Å². The fraction of sp³-hybridized carbons (Fsp3) is 0.833. The molecular weight excluding hydrogens is 262 g/mol. The fourth-order valence-corrected chi connectivity index (χ4v) is 0.570.